The van der Waals surface area contributed by atoms with Crippen LogP contribution >= 0.6 is 39.1 Å². The molecule has 0 aliphatic rings. The largest absolute Gasteiger partial charge is 0.457 e. The first-order chi connectivity index (χ1) is 9.56. The Morgan fingerprint density at radius 3 is 2.60 bits per heavy atom. The van der Waals surface area contributed by atoms with Gasteiger partial charge in [0.1, 0.15) is 5.76 Å². The van der Waals surface area contributed by atoms with E-state index in [0.717, 1.165) is 15.4 Å². The maximum absolute atomic E-state index is 6.26. The molecule has 0 saturated carbocycles. The molecule has 0 amide bonds. The summed E-state index contributed by atoms with van der Waals surface area (Å²) in [6, 6.07) is 12.6. The molecule has 2 nitrogen and oxygen atoms in total. The van der Waals surface area contributed by atoms with Gasteiger partial charge in [-0.05, 0) is 35.9 Å². The second-order valence-electron chi connectivity index (χ2n) is 4.45. The molecule has 1 aromatic heterocycles. The van der Waals surface area contributed by atoms with Gasteiger partial charge >= 0.3 is 0 Å². The minimum atomic E-state index is -0.441. The standard InChI is InChI=1S/C15H10BrCl2NO/c16-9-4-5-11(17)10(7-9)14(19)13-6-8-2-1-3-12(18)15(8)20-13/h1-7,14H,19H2. The van der Waals surface area contributed by atoms with E-state index < -0.39 is 6.04 Å². The Morgan fingerprint density at radius 2 is 1.85 bits per heavy atom. The van der Waals surface area contributed by atoms with Gasteiger partial charge in [0.15, 0.2) is 5.58 Å². The number of furan rings is 1. The van der Waals surface area contributed by atoms with Gasteiger partial charge in [-0.3, -0.25) is 0 Å². The van der Waals surface area contributed by atoms with Gasteiger partial charge in [0.25, 0.3) is 0 Å². The molecule has 102 valence electrons. The smallest absolute Gasteiger partial charge is 0.152 e. The van der Waals surface area contributed by atoms with Gasteiger partial charge in [-0.2, -0.15) is 0 Å². The first-order valence-corrected chi connectivity index (χ1v) is 7.49. The van der Waals surface area contributed by atoms with Crippen molar-refractivity contribution in [3.05, 3.63) is 68.3 Å². The summed E-state index contributed by atoms with van der Waals surface area (Å²) < 4.78 is 6.70. The zero-order valence-electron chi connectivity index (χ0n) is 10.2. The highest BCUT2D eigenvalue weighted by Crippen LogP contribution is 2.34. The van der Waals surface area contributed by atoms with Crippen LogP contribution in [0.1, 0.15) is 17.4 Å². The molecule has 3 rings (SSSR count). The fourth-order valence-electron chi connectivity index (χ4n) is 2.11. The van der Waals surface area contributed by atoms with Gasteiger partial charge in [-0.15, -0.1) is 0 Å². The topological polar surface area (TPSA) is 39.2 Å². The summed E-state index contributed by atoms with van der Waals surface area (Å²) in [6.45, 7) is 0. The second-order valence-corrected chi connectivity index (χ2v) is 6.18. The predicted molar refractivity (Wildman–Crippen MR) is 86.4 cm³/mol. The van der Waals surface area contributed by atoms with Crippen molar-refractivity contribution in [3.63, 3.8) is 0 Å². The molecule has 0 spiro atoms. The van der Waals surface area contributed by atoms with Crippen LogP contribution in [0.4, 0.5) is 0 Å². The van der Waals surface area contributed by atoms with Crippen molar-refractivity contribution in [1.82, 2.24) is 0 Å². The van der Waals surface area contributed by atoms with Crippen LogP contribution in [-0.4, -0.2) is 0 Å². The SMILES string of the molecule is NC(c1cc2cccc(Cl)c2o1)c1cc(Br)ccc1Cl. The molecule has 0 saturated heterocycles. The van der Waals surface area contributed by atoms with E-state index in [4.69, 9.17) is 33.4 Å². The van der Waals surface area contributed by atoms with Crippen molar-refractivity contribution in [1.29, 1.82) is 0 Å². The molecule has 1 unspecified atom stereocenters. The van der Waals surface area contributed by atoms with Gasteiger partial charge in [0, 0.05) is 14.9 Å². The quantitative estimate of drug-likeness (QED) is 0.642. The molecule has 0 radical (unpaired) electrons. The van der Waals surface area contributed by atoms with E-state index in [9.17, 15) is 0 Å². The van der Waals surface area contributed by atoms with Gasteiger partial charge < -0.3 is 10.2 Å². The fraction of sp³-hybridized carbons (Fsp3) is 0.0667. The Labute approximate surface area is 134 Å². The Bertz CT molecular complexity index is 785. The highest BCUT2D eigenvalue weighted by atomic mass is 79.9. The lowest BCUT2D eigenvalue weighted by atomic mass is 10.1. The number of fused-ring (bicyclic) bond motifs is 1. The second kappa shape index (κ2) is 5.41. The number of halogens is 3. The van der Waals surface area contributed by atoms with Crippen LogP contribution in [0.3, 0.4) is 0 Å². The van der Waals surface area contributed by atoms with E-state index in [1.165, 1.54) is 0 Å². The third kappa shape index (κ3) is 2.47. The van der Waals surface area contributed by atoms with Crippen molar-refractivity contribution in [3.8, 4) is 0 Å². The van der Waals surface area contributed by atoms with Crippen molar-refractivity contribution >= 4 is 50.1 Å². The predicted octanol–water partition coefficient (Wildman–Crippen LogP) is 5.55. The van der Waals surface area contributed by atoms with E-state index in [2.05, 4.69) is 15.9 Å². The van der Waals surface area contributed by atoms with Gasteiger partial charge in [-0.25, -0.2) is 0 Å². The number of rotatable bonds is 2. The number of hydrogen-bond donors (Lipinski definition) is 1. The molecule has 20 heavy (non-hydrogen) atoms. The van der Waals surface area contributed by atoms with Gasteiger partial charge in [0.05, 0.1) is 11.1 Å². The lowest BCUT2D eigenvalue weighted by Gasteiger charge is -2.11. The number of nitrogens with two attached hydrogens (primary N) is 1. The Hall–Kier alpha value is -1.000. The normalized spacial score (nSPS) is 12.8. The van der Waals surface area contributed by atoms with E-state index in [0.29, 0.717) is 21.4 Å². The molecule has 0 bridgehead atoms. The molecule has 1 atom stereocenters. The summed E-state index contributed by atoms with van der Waals surface area (Å²) in [4.78, 5) is 0. The third-order valence-electron chi connectivity index (χ3n) is 3.11. The van der Waals surface area contributed by atoms with Gasteiger partial charge in [0.2, 0.25) is 0 Å². The summed E-state index contributed by atoms with van der Waals surface area (Å²) in [5.41, 5.74) is 7.70. The monoisotopic (exact) mass is 369 g/mol. The van der Waals surface area contributed by atoms with Crippen LogP contribution in [0.5, 0.6) is 0 Å². The summed E-state index contributed by atoms with van der Waals surface area (Å²) in [5.74, 6) is 0.633. The first kappa shape index (κ1) is 14.0. The molecule has 2 aromatic carbocycles. The molecule has 3 aromatic rings. The molecular formula is C15H10BrCl2NO. The van der Waals surface area contributed by atoms with Crippen LogP contribution in [0.2, 0.25) is 10.0 Å². The van der Waals surface area contributed by atoms with E-state index >= 15 is 0 Å². The number of hydrogen-bond acceptors (Lipinski definition) is 2. The molecular weight excluding hydrogens is 361 g/mol. The molecule has 5 heteroatoms. The zero-order chi connectivity index (χ0) is 14.3. The first-order valence-electron chi connectivity index (χ1n) is 5.95. The minimum absolute atomic E-state index is 0.441. The van der Waals surface area contributed by atoms with Crippen LogP contribution in [0.15, 0.2) is 51.4 Å². The average Bonchev–Trinajstić information content (AvgIpc) is 2.86. The van der Waals surface area contributed by atoms with Crippen LogP contribution in [-0.2, 0) is 0 Å². The van der Waals surface area contributed by atoms with Crippen LogP contribution in [0.25, 0.3) is 11.0 Å². The molecule has 0 fully saturated rings. The van der Waals surface area contributed by atoms with Crippen molar-refractivity contribution in [2.24, 2.45) is 5.73 Å². The van der Waals surface area contributed by atoms with Crippen molar-refractivity contribution < 1.29 is 4.42 Å². The maximum Gasteiger partial charge on any atom is 0.152 e. The molecule has 0 aliphatic carbocycles. The summed E-state index contributed by atoms with van der Waals surface area (Å²) in [7, 11) is 0. The summed E-state index contributed by atoms with van der Waals surface area (Å²) in [5, 5.41) is 2.10. The highest BCUT2D eigenvalue weighted by Gasteiger charge is 2.18. The number of para-hydroxylation sites is 1. The van der Waals surface area contributed by atoms with E-state index in [1.807, 2.05) is 30.3 Å². The Kier molecular flexibility index (Phi) is 3.78. The lowest BCUT2D eigenvalue weighted by molar-refractivity contribution is 0.525. The lowest BCUT2D eigenvalue weighted by Crippen LogP contribution is -2.11. The summed E-state index contributed by atoms with van der Waals surface area (Å²) in [6.07, 6.45) is 0. The van der Waals surface area contributed by atoms with Crippen LogP contribution < -0.4 is 5.73 Å². The fourth-order valence-corrected chi connectivity index (χ4v) is 2.94. The van der Waals surface area contributed by atoms with Gasteiger partial charge in [-0.1, -0.05) is 51.3 Å². The molecule has 1 heterocycles. The average molecular weight is 371 g/mol. The zero-order valence-corrected chi connectivity index (χ0v) is 13.3. The molecule has 0 aliphatic heterocycles. The van der Waals surface area contributed by atoms with E-state index in [1.54, 1.807) is 12.1 Å². The Morgan fingerprint density at radius 1 is 1.05 bits per heavy atom. The Balaban J connectivity index is 2.10. The van der Waals surface area contributed by atoms with E-state index in [-0.39, 0.29) is 0 Å². The minimum Gasteiger partial charge on any atom is -0.457 e. The molecule has 2 N–H and O–H groups in total. The summed E-state index contributed by atoms with van der Waals surface area (Å²) >= 11 is 15.7. The number of benzene rings is 2. The third-order valence-corrected chi connectivity index (χ3v) is 4.25. The van der Waals surface area contributed by atoms with Crippen LogP contribution in [0, 0.1) is 0 Å². The van der Waals surface area contributed by atoms with Crippen molar-refractivity contribution in [2.75, 3.05) is 0 Å². The maximum atomic E-state index is 6.26. The van der Waals surface area contributed by atoms with Crippen molar-refractivity contribution in [2.45, 2.75) is 6.04 Å². The highest BCUT2D eigenvalue weighted by molar-refractivity contribution is 9.10.